The summed E-state index contributed by atoms with van der Waals surface area (Å²) in [6, 6.07) is 10.6. The molecule has 2 rings (SSSR count). The third-order valence-electron chi connectivity index (χ3n) is 3.83. The van der Waals surface area contributed by atoms with Gasteiger partial charge in [0.15, 0.2) is 0 Å². The van der Waals surface area contributed by atoms with Crippen LogP contribution in [0.25, 0.3) is 0 Å². The van der Waals surface area contributed by atoms with Crippen molar-refractivity contribution in [2.75, 3.05) is 19.7 Å². The molecule has 120 valence electrons. The van der Waals surface area contributed by atoms with Crippen LogP contribution < -0.4 is 0 Å². The van der Waals surface area contributed by atoms with E-state index in [1.165, 1.54) is 11.1 Å². The maximum Gasteiger partial charge on any atom is 0.0558 e. The van der Waals surface area contributed by atoms with Gasteiger partial charge in [-0.3, -0.25) is 9.58 Å². The van der Waals surface area contributed by atoms with Crippen molar-refractivity contribution in [3.8, 4) is 0 Å². The standard InChI is InChI=1S/C18H27N3O/c1-3-21-15-18(12-19-21)14-20(9-10-22)13-16(2)11-17-7-5-4-6-8-17/h4-8,12,15-16,22H,3,9-11,13-14H2,1-2H3. The highest BCUT2D eigenvalue weighted by atomic mass is 16.3. The van der Waals surface area contributed by atoms with E-state index in [0.717, 1.165) is 26.1 Å². The number of rotatable bonds is 9. The van der Waals surface area contributed by atoms with E-state index < -0.39 is 0 Å². The molecule has 1 aromatic heterocycles. The zero-order valence-corrected chi connectivity index (χ0v) is 13.7. The number of aromatic nitrogens is 2. The van der Waals surface area contributed by atoms with Crippen molar-refractivity contribution < 1.29 is 5.11 Å². The van der Waals surface area contributed by atoms with E-state index in [0.29, 0.717) is 12.5 Å². The minimum Gasteiger partial charge on any atom is -0.395 e. The van der Waals surface area contributed by atoms with Crippen LogP contribution in [0.1, 0.15) is 25.0 Å². The van der Waals surface area contributed by atoms with Gasteiger partial charge in [0.2, 0.25) is 0 Å². The van der Waals surface area contributed by atoms with Crippen molar-refractivity contribution in [2.24, 2.45) is 5.92 Å². The van der Waals surface area contributed by atoms with E-state index in [4.69, 9.17) is 0 Å². The number of aliphatic hydroxyl groups excluding tert-OH is 1. The van der Waals surface area contributed by atoms with Crippen LogP contribution in [-0.4, -0.2) is 39.5 Å². The maximum absolute atomic E-state index is 9.31. The lowest BCUT2D eigenvalue weighted by Crippen LogP contribution is -2.31. The molecule has 1 aromatic carbocycles. The van der Waals surface area contributed by atoms with Gasteiger partial charge in [-0.2, -0.15) is 5.10 Å². The normalized spacial score (nSPS) is 12.7. The Kier molecular flexibility index (Phi) is 6.62. The summed E-state index contributed by atoms with van der Waals surface area (Å²) >= 11 is 0. The van der Waals surface area contributed by atoms with E-state index >= 15 is 0 Å². The van der Waals surface area contributed by atoms with E-state index in [1.807, 2.05) is 10.9 Å². The summed E-state index contributed by atoms with van der Waals surface area (Å²) in [6.45, 7) is 7.98. The molecule has 0 spiro atoms. The molecule has 0 aliphatic carbocycles. The summed E-state index contributed by atoms with van der Waals surface area (Å²) in [5, 5.41) is 13.6. The summed E-state index contributed by atoms with van der Waals surface area (Å²) in [4.78, 5) is 2.31. The molecule has 2 aromatic rings. The van der Waals surface area contributed by atoms with Crippen LogP contribution in [0.15, 0.2) is 42.7 Å². The van der Waals surface area contributed by atoms with Gasteiger partial charge in [0.25, 0.3) is 0 Å². The van der Waals surface area contributed by atoms with Gasteiger partial charge in [0.05, 0.1) is 12.8 Å². The smallest absolute Gasteiger partial charge is 0.0558 e. The van der Waals surface area contributed by atoms with Gasteiger partial charge in [-0.05, 0) is 24.8 Å². The first-order chi connectivity index (χ1) is 10.7. The molecule has 0 bridgehead atoms. The summed E-state index contributed by atoms with van der Waals surface area (Å²) < 4.78 is 1.94. The highest BCUT2D eigenvalue weighted by molar-refractivity contribution is 5.15. The third-order valence-corrected chi connectivity index (χ3v) is 3.83. The molecule has 0 saturated heterocycles. The van der Waals surface area contributed by atoms with Gasteiger partial charge in [0.1, 0.15) is 0 Å². The quantitative estimate of drug-likeness (QED) is 0.774. The van der Waals surface area contributed by atoms with Crippen LogP contribution in [0.4, 0.5) is 0 Å². The van der Waals surface area contributed by atoms with Gasteiger partial charge < -0.3 is 5.11 Å². The molecule has 1 heterocycles. The van der Waals surface area contributed by atoms with Crippen LogP contribution in [0, 0.1) is 5.92 Å². The van der Waals surface area contributed by atoms with Gasteiger partial charge in [-0.1, -0.05) is 37.3 Å². The SMILES string of the molecule is CCn1cc(CN(CCO)CC(C)Cc2ccccc2)cn1. The van der Waals surface area contributed by atoms with Gasteiger partial charge in [-0.15, -0.1) is 0 Å². The van der Waals surface area contributed by atoms with Crippen molar-refractivity contribution in [3.05, 3.63) is 53.9 Å². The lowest BCUT2D eigenvalue weighted by molar-refractivity contribution is 0.172. The summed E-state index contributed by atoms with van der Waals surface area (Å²) in [7, 11) is 0. The third kappa shape index (κ3) is 5.28. The Morgan fingerprint density at radius 3 is 2.64 bits per heavy atom. The Morgan fingerprint density at radius 1 is 1.23 bits per heavy atom. The van der Waals surface area contributed by atoms with E-state index in [2.05, 4.69) is 60.4 Å². The average Bonchev–Trinajstić information content (AvgIpc) is 2.96. The Balaban J connectivity index is 1.90. The number of hydrogen-bond donors (Lipinski definition) is 1. The molecule has 4 heteroatoms. The molecule has 0 aliphatic rings. The topological polar surface area (TPSA) is 41.3 Å². The second-order valence-corrected chi connectivity index (χ2v) is 5.96. The molecule has 0 saturated carbocycles. The molecule has 0 amide bonds. The highest BCUT2D eigenvalue weighted by Crippen LogP contribution is 2.12. The number of nitrogens with zero attached hydrogens (tertiary/aromatic N) is 3. The predicted molar refractivity (Wildman–Crippen MR) is 89.6 cm³/mol. The minimum absolute atomic E-state index is 0.194. The molecule has 1 unspecified atom stereocenters. The average molecular weight is 301 g/mol. The Labute approximate surface area is 133 Å². The fourth-order valence-corrected chi connectivity index (χ4v) is 2.82. The number of hydrogen-bond acceptors (Lipinski definition) is 3. The van der Waals surface area contributed by atoms with Gasteiger partial charge >= 0.3 is 0 Å². The van der Waals surface area contributed by atoms with Crippen molar-refractivity contribution in [1.82, 2.24) is 14.7 Å². The maximum atomic E-state index is 9.31. The minimum atomic E-state index is 0.194. The van der Waals surface area contributed by atoms with E-state index in [9.17, 15) is 5.11 Å². The Bertz CT molecular complexity index is 538. The van der Waals surface area contributed by atoms with Crippen molar-refractivity contribution in [2.45, 2.75) is 33.4 Å². The van der Waals surface area contributed by atoms with Crippen LogP contribution in [0.5, 0.6) is 0 Å². The first-order valence-electron chi connectivity index (χ1n) is 8.09. The largest absolute Gasteiger partial charge is 0.395 e. The first-order valence-corrected chi connectivity index (χ1v) is 8.09. The Morgan fingerprint density at radius 2 is 2.00 bits per heavy atom. The summed E-state index contributed by atoms with van der Waals surface area (Å²) in [6.07, 6.45) is 5.08. The molecule has 22 heavy (non-hydrogen) atoms. The predicted octanol–water partition coefficient (Wildman–Crippen LogP) is 2.58. The second kappa shape index (κ2) is 8.71. The highest BCUT2D eigenvalue weighted by Gasteiger charge is 2.12. The molecule has 0 fully saturated rings. The molecule has 0 aliphatic heterocycles. The lowest BCUT2D eigenvalue weighted by atomic mass is 10.0. The molecule has 1 atom stereocenters. The van der Waals surface area contributed by atoms with Crippen molar-refractivity contribution in [1.29, 1.82) is 0 Å². The molecule has 4 nitrogen and oxygen atoms in total. The molecular weight excluding hydrogens is 274 g/mol. The van der Waals surface area contributed by atoms with Crippen molar-refractivity contribution >= 4 is 0 Å². The number of aryl methyl sites for hydroxylation is 1. The number of benzene rings is 1. The van der Waals surface area contributed by atoms with Crippen molar-refractivity contribution in [3.63, 3.8) is 0 Å². The fourth-order valence-electron chi connectivity index (χ4n) is 2.82. The molecule has 0 radical (unpaired) electrons. The van der Waals surface area contributed by atoms with Crippen LogP contribution in [0.2, 0.25) is 0 Å². The van der Waals surface area contributed by atoms with Gasteiger partial charge in [0, 0.05) is 37.9 Å². The molecular formula is C18H27N3O. The number of aliphatic hydroxyl groups is 1. The van der Waals surface area contributed by atoms with Crippen LogP contribution in [0.3, 0.4) is 0 Å². The molecule has 1 N–H and O–H groups in total. The van der Waals surface area contributed by atoms with E-state index in [1.54, 1.807) is 0 Å². The first kappa shape index (κ1) is 16.7. The lowest BCUT2D eigenvalue weighted by Gasteiger charge is -2.24. The monoisotopic (exact) mass is 301 g/mol. The summed E-state index contributed by atoms with van der Waals surface area (Å²) in [5.74, 6) is 0.551. The van der Waals surface area contributed by atoms with Gasteiger partial charge in [-0.25, -0.2) is 0 Å². The zero-order valence-electron chi connectivity index (χ0n) is 13.7. The summed E-state index contributed by atoms with van der Waals surface area (Å²) in [5.41, 5.74) is 2.58. The second-order valence-electron chi connectivity index (χ2n) is 5.96. The fraction of sp³-hybridized carbons (Fsp3) is 0.500. The Hall–Kier alpha value is -1.65. The van der Waals surface area contributed by atoms with Crippen LogP contribution in [-0.2, 0) is 19.5 Å². The van der Waals surface area contributed by atoms with E-state index in [-0.39, 0.29) is 6.61 Å². The zero-order chi connectivity index (χ0) is 15.8. The van der Waals surface area contributed by atoms with Crippen LogP contribution >= 0.6 is 0 Å².